The lowest BCUT2D eigenvalue weighted by Gasteiger charge is -2.05. The summed E-state index contributed by atoms with van der Waals surface area (Å²) >= 11 is 5.12. The van der Waals surface area contributed by atoms with E-state index in [1.807, 2.05) is 48.5 Å². The first-order valence-electron chi connectivity index (χ1n) is 8.71. The molecule has 1 amide bonds. The van der Waals surface area contributed by atoms with Crippen LogP contribution in [0.1, 0.15) is 15.2 Å². The van der Waals surface area contributed by atoms with Gasteiger partial charge in [-0.15, -0.1) is 21.5 Å². The second kappa shape index (κ2) is 8.50. The van der Waals surface area contributed by atoms with Crippen molar-refractivity contribution in [3.8, 4) is 22.9 Å². The van der Waals surface area contributed by atoms with Crippen molar-refractivity contribution in [3.05, 3.63) is 81.0 Å². The van der Waals surface area contributed by atoms with Gasteiger partial charge in [0.25, 0.3) is 5.91 Å². The normalized spacial score (nSPS) is 10.8. The van der Waals surface area contributed by atoms with Crippen LogP contribution in [-0.4, -0.2) is 22.6 Å². The molecule has 0 atom stereocenters. The summed E-state index contributed by atoms with van der Waals surface area (Å²) in [6, 6.07) is 20.8. The summed E-state index contributed by atoms with van der Waals surface area (Å²) in [6.45, 7) is 0.595. The summed E-state index contributed by atoms with van der Waals surface area (Å²) in [5, 5.41) is 11.1. The van der Waals surface area contributed by atoms with Crippen LogP contribution in [0, 0.1) is 0 Å². The first-order valence-corrected chi connectivity index (χ1v) is 10.3. The number of rotatable bonds is 6. The number of thiophene rings is 1. The van der Waals surface area contributed by atoms with Crippen LogP contribution in [0.2, 0.25) is 0 Å². The minimum Gasteiger partial charge on any atom is -0.416 e. The minimum absolute atomic E-state index is 0.0994. The van der Waals surface area contributed by atoms with Crippen LogP contribution < -0.4 is 5.32 Å². The predicted octanol–water partition coefficient (Wildman–Crippen LogP) is 5.20. The molecule has 7 heteroatoms. The molecule has 2 heterocycles. The summed E-state index contributed by atoms with van der Waals surface area (Å²) < 4.78 is 6.84. The first-order chi connectivity index (χ1) is 13.7. The fourth-order valence-electron chi connectivity index (χ4n) is 2.69. The lowest BCUT2D eigenvalue weighted by atomic mass is 10.1. The van der Waals surface area contributed by atoms with Gasteiger partial charge < -0.3 is 9.73 Å². The number of aromatic nitrogens is 2. The third kappa shape index (κ3) is 4.37. The number of halogens is 1. The molecular formula is C21H16BrN3O2S. The molecule has 2 aromatic carbocycles. The van der Waals surface area contributed by atoms with Crippen molar-refractivity contribution in [2.75, 3.05) is 6.54 Å². The fourth-order valence-corrected chi connectivity index (χ4v) is 4.17. The maximum Gasteiger partial charge on any atom is 0.251 e. The van der Waals surface area contributed by atoms with E-state index in [1.165, 1.54) is 4.88 Å². The van der Waals surface area contributed by atoms with E-state index in [4.69, 9.17) is 4.42 Å². The van der Waals surface area contributed by atoms with E-state index in [0.29, 0.717) is 23.9 Å². The molecule has 0 saturated heterocycles. The Morgan fingerprint density at radius 3 is 2.25 bits per heavy atom. The molecule has 28 heavy (non-hydrogen) atoms. The van der Waals surface area contributed by atoms with Crippen LogP contribution >= 0.6 is 27.3 Å². The molecule has 0 aliphatic rings. The Hall–Kier alpha value is -2.77. The van der Waals surface area contributed by atoms with Gasteiger partial charge in [-0.05, 0) is 70.9 Å². The number of hydrogen-bond donors (Lipinski definition) is 1. The van der Waals surface area contributed by atoms with Crippen molar-refractivity contribution in [1.29, 1.82) is 0 Å². The van der Waals surface area contributed by atoms with Crippen molar-refractivity contribution >= 4 is 33.2 Å². The highest BCUT2D eigenvalue weighted by molar-refractivity contribution is 9.11. The smallest absolute Gasteiger partial charge is 0.251 e. The van der Waals surface area contributed by atoms with E-state index in [-0.39, 0.29) is 5.91 Å². The van der Waals surface area contributed by atoms with Gasteiger partial charge in [0.05, 0.1) is 3.79 Å². The highest BCUT2D eigenvalue weighted by Gasteiger charge is 2.11. The molecule has 0 unspecified atom stereocenters. The van der Waals surface area contributed by atoms with E-state index in [9.17, 15) is 4.79 Å². The SMILES string of the molecule is O=C(NCCc1ccc(Br)s1)c1ccc(-c2nnc(-c3ccccc3)o2)cc1. The monoisotopic (exact) mass is 453 g/mol. The van der Waals surface area contributed by atoms with E-state index in [1.54, 1.807) is 23.5 Å². The highest BCUT2D eigenvalue weighted by Crippen LogP contribution is 2.24. The molecule has 140 valence electrons. The van der Waals surface area contributed by atoms with E-state index >= 15 is 0 Å². The van der Waals surface area contributed by atoms with Crippen molar-refractivity contribution in [2.24, 2.45) is 0 Å². The van der Waals surface area contributed by atoms with Crippen molar-refractivity contribution < 1.29 is 9.21 Å². The zero-order valence-corrected chi connectivity index (χ0v) is 17.2. The molecular weight excluding hydrogens is 438 g/mol. The lowest BCUT2D eigenvalue weighted by molar-refractivity contribution is 0.0954. The summed E-state index contributed by atoms with van der Waals surface area (Å²) in [4.78, 5) is 13.5. The molecule has 0 aliphatic carbocycles. The molecule has 0 saturated carbocycles. The standard InChI is InChI=1S/C21H16BrN3O2S/c22-18-11-10-17(28-18)12-13-23-19(26)14-6-8-16(9-7-14)21-25-24-20(27-21)15-4-2-1-3-5-15/h1-11H,12-13H2,(H,23,26). The third-order valence-electron chi connectivity index (χ3n) is 4.13. The van der Waals surface area contributed by atoms with Gasteiger partial charge in [0, 0.05) is 28.1 Å². The molecule has 0 radical (unpaired) electrons. The van der Waals surface area contributed by atoms with Crippen LogP contribution in [0.4, 0.5) is 0 Å². The Morgan fingerprint density at radius 1 is 0.929 bits per heavy atom. The quantitative estimate of drug-likeness (QED) is 0.435. The maximum atomic E-state index is 12.3. The molecule has 0 bridgehead atoms. The number of amides is 1. The average Bonchev–Trinajstić information content (AvgIpc) is 3.38. The van der Waals surface area contributed by atoms with Crippen LogP contribution in [0.15, 0.2) is 74.9 Å². The Balaban J connectivity index is 1.38. The number of nitrogens with one attached hydrogen (secondary N) is 1. The average molecular weight is 454 g/mol. The molecule has 4 aromatic rings. The van der Waals surface area contributed by atoms with Crippen LogP contribution in [0.5, 0.6) is 0 Å². The van der Waals surface area contributed by atoms with E-state index < -0.39 is 0 Å². The Bertz CT molecular complexity index is 1070. The van der Waals surface area contributed by atoms with Gasteiger partial charge in [-0.3, -0.25) is 4.79 Å². The summed E-state index contributed by atoms with van der Waals surface area (Å²) in [5.41, 5.74) is 2.24. The molecule has 0 spiro atoms. The number of carbonyl (C=O) groups excluding carboxylic acids is 1. The maximum absolute atomic E-state index is 12.3. The second-order valence-corrected chi connectivity index (χ2v) is 8.62. The predicted molar refractivity (Wildman–Crippen MR) is 113 cm³/mol. The van der Waals surface area contributed by atoms with Crippen molar-refractivity contribution in [3.63, 3.8) is 0 Å². The Labute approximate surface area is 174 Å². The number of nitrogens with zero attached hydrogens (tertiary/aromatic N) is 2. The van der Waals surface area contributed by atoms with E-state index in [2.05, 4.69) is 37.5 Å². The number of benzene rings is 2. The minimum atomic E-state index is -0.0994. The number of carbonyl (C=O) groups is 1. The van der Waals surface area contributed by atoms with Gasteiger partial charge in [0.1, 0.15) is 0 Å². The van der Waals surface area contributed by atoms with E-state index in [0.717, 1.165) is 21.3 Å². The summed E-state index contributed by atoms with van der Waals surface area (Å²) in [7, 11) is 0. The zero-order valence-electron chi connectivity index (χ0n) is 14.8. The fraction of sp³-hybridized carbons (Fsp3) is 0.0952. The zero-order chi connectivity index (χ0) is 19.3. The molecule has 1 N–H and O–H groups in total. The molecule has 0 fully saturated rings. The Kier molecular flexibility index (Phi) is 5.64. The van der Waals surface area contributed by atoms with Gasteiger partial charge in [0.2, 0.25) is 11.8 Å². The lowest BCUT2D eigenvalue weighted by Crippen LogP contribution is -2.25. The van der Waals surface area contributed by atoms with Gasteiger partial charge in [-0.25, -0.2) is 0 Å². The van der Waals surface area contributed by atoms with Crippen molar-refractivity contribution in [2.45, 2.75) is 6.42 Å². The van der Waals surface area contributed by atoms with Gasteiger partial charge in [0.15, 0.2) is 0 Å². The van der Waals surface area contributed by atoms with Crippen LogP contribution in [-0.2, 0) is 6.42 Å². The van der Waals surface area contributed by atoms with Crippen molar-refractivity contribution in [1.82, 2.24) is 15.5 Å². The number of hydrogen-bond acceptors (Lipinski definition) is 5. The highest BCUT2D eigenvalue weighted by atomic mass is 79.9. The van der Waals surface area contributed by atoms with Gasteiger partial charge in [-0.1, -0.05) is 18.2 Å². The van der Waals surface area contributed by atoms with Crippen LogP contribution in [0.25, 0.3) is 22.9 Å². The summed E-state index contributed by atoms with van der Waals surface area (Å²) in [6.07, 6.45) is 0.810. The second-order valence-electron chi connectivity index (χ2n) is 6.07. The molecule has 4 rings (SSSR count). The van der Waals surface area contributed by atoms with Gasteiger partial charge in [-0.2, -0.15) is 0 Å². The third-order valence-corrected chi connectivity index (χ3v) is 5.81. The first kappa shape index (κ1) is 18.6. The molecule has 0 aliphatic heterocycles. The topological polar surface area (TPSA) is 68.0 Å². The summed E-state index contributed by atoms with van der Waals surface area (Å²) in [5.74, 6) is 0.796. The molecule has 2 aromatic heterocycles. The Morgan fingerprint density at radius 2 is 1.61 bits per heavy atom. The van der Waals surface area contributed by atoms with Gasteiger partial charge >= 0.3 is 0 Å². The molecule has 5 nitrogen and oxygen atoms in total. The largest absolute Gasteiger partial charge is 0.416 e. The van der Waals surface area contributed by atoms with Crippen LogP contribution in [0.3, 0.4) is 0 Å².